The van der Waals surface area contributed by atoms with Crippen LogP contribution in [0.1, 0.15) is 15.9 Å². The van der Waals surface area contributed by atoms with Gasteiger partial charge in [0.15, 0.2) is 11.7 Å². The molecule has 0 fully saturated rings. The predicted octanol–water partition coefficient (Wildman–Crippen LogP) is 1.73. The minimum atomic E-state index is -0.472. The Morgan fingerprint density at radius 3 is 2.41 bits per heavy atom. The van der Waals surface area contributed by atoms with Gasteiger partial charge < -0.3 is 14.2 Å². The van der Waals surface area contributed by atoms with Gasteiger partial charge in [0.25, 0.3) is 11.8 Å². The number of thiocarbonyl (C=S) groups is 1. The zero-order chi connectivity index (χ0) is 21.1. The van der Waals surface area contributed by atoms with Crippen molar-refractivity contribution in [2.75, 3.05) is 26.9 Å². The number of carbonyl (C=O) groups excluding carboxylic acids is 2. The summed E-state index contributed by atoms with van der Waals surface area (Å²) in [5.74, 6) is 0.0539. The molecular weight excluding hydrogens is 394 g/mol. The van der Waals surface area contributed by atoms with E-state index < -0.39 is 11.8 Å². The van der Waals surface area contributed by atoms with Crippen LogP contribution in [-0.4, -0.2) is 43.9 Å². The normalized spacial score (nSPS) is 10.0. The summed E-state index contributed by atoms with van der Waals surface area (Å²) in [6.07, 6.45) is 0. The second kappa shape index (κ2) is 11.6. The molecule has 9 heteroatoms. The lowest BCUT2D eigenvalue weighted by atomic mass is 10.2. The molecule has 8 nitrogen and oxygen atoms in total. The van der Waals surface area contributed by atoms with Gasteiger partial charge in [-0.3, -0.25) is 25.8 Å². The summed E-state index contributed by atoms with van der Waals surface area (Å²) >= 11 is 5.03. The maximum atomic E-state index is 12.4. The van der Waals surface area contributed by atoms with Crippen LogP contribution in [0.25, 0.3) is 0 Å². The van der Waals surface area contributed by atoms with Crippen LogP contribution in [0.5, 0.6) is 11.5 Å². The maximum Gasteiger partial charge on any atom is 0.276 e. The van der Waals surface area contributed by atoms with Crippen molar-refractivity contribution in [2.45, 2.75) is 6.92 Å². The van der Waals surface area contributed by atoms with Crippen molar-refractivity contribution in [2.24, 2.45) is 0 Å². The highest BCUT2D eigenvalue weighted by Gasteiger charge is 2.14. The van der Waals surface area contributed by atoms with E-state index in [1.54, 1.807) is 43.5 Å². The van der Waals surface area contributed by atoms with E-state index in [1.807, 2.05) is 19.1 Å². The van der Waals surface area contributed by atoms with Crippen molar-refractivity contribution in [1.82, 2.24) is 16.2 Å². The summed E-state index contributed by atoms with van der Waals surface area (Å²) < 4.78 is 15.8. The molecule has 0 unspecified atom stereocenters. The molecule has 154 valence electrons. The predicted molar refractivity (Wildman–Crippen MR) is 112 cm³/mol. The summed E-state index contributed by atoms with van der Waals surface area (Å²) in [7, 11) is 1.56. The topological polar surface area (TPSA) is 97.9 Å². The van der Waals surface area contributed by atoms with E-state index in [0.29, 0.717) is 30.3 Å². The standard InChI is InChI=1S/C20H23N3O5S/c1-14-7-9-15(10-8-14)28-13-18(24)22-23-20(29)21-19(25)16-5-3-4-6-17(16)27-12-11-26-2/h3-10H,11-13H2,1-2H3,(H,22,24)(H2,21,23,25,29). The van der Waals surface area contributed by atoms with Gasteiger partial charge in [-0.15, -0.1) is 0 Å². The van der Waals surface area contributed by atoms with E-state index in [1.165, 1.54) is 0 Å². The molecule has 0 atom stereocenters. The molecule has 0 radical (unpaired) electrons. The Balaban J connectivity index is 1.77. The Hall–Kier alpha value is -3.17. The molecule has 0 aliphatic rings. The molecular formula is C20H23N3O5S. The van der Waals surface area contributed by atoms with Crippen molar-refractivity contribution >= 4 is 29.1 Å². The molecule has 2 amide bonds. The number of hydrogen-bond donors (Lipinski definition) is 3. The highest BCUT2D eigenvalue weighted by atomic mass is 32.1. The first kappa shape index (κ1) is 22.1. The number of methoxy groups -OCH3 is 1. The van der Waals surface area contributed by atoms with Crippen LogP contribution in [0.15, 0.2) is 48.5 Å². The second-order valence-corrected chi connectivity index (χ2v) is 6.30. The summed E-state index contributed by atoms with van der Waals surface area (Å²) in [5, 5.41) is 2.41. The maximum absolute atomic E-state index is 12.4. The number of amides is 2. The average molecular weight is 417 g/mol. The van der Waals surface area contributed by atoms with Gasteiger partial charge in [-0.1, -0.05) is 29.8 Å². The van der Waals surface area contributed by atoms with Gasteiger partial charge in [0.1, 0.15) is 18.1 Å². The van der Waals surface area contributed by atoms with Crippen molar-refractivity contribution in [3.8, 4) is 11.5 Å². The van der Waals surface area contributed by atoms with E-state index in [-0.39, 0.29) is 11.7 Å². The van der Waals surface area contributed by atoms with Crippen LogP contribution >= 0.6 is 12.2 Å². The number of rotatable bonds is 8. The molecule has 0 aliphatic heterocycles. The van der Waals surface area contributed by atoms with Crippen LogP contribution in [-0.2, 0) is 9.53 Å². The SMILES string of the molecule is COCCOc1ccccc1C(=O)NC(=S)NNC(=O)COc1ccc(C)cc1. The molecule has 3 N–H and O–H groups in total. The Morgan fingerprint density at radius 2 is 1.69 bits per heavy atom. The third-order valence-electron chi connectivity index (χ3n) is 3.61. The molecule has 2 aromatic carbocycles. The second-order valence-electron chi connectivity index (χ2n) is 5.90. The zero-order valence-electron chi connectivity index (χ0n) is 16.2. The zero-order valence-corrected chi connectivity index (χ0v) is 17.0. The van der Waals surface area contributed by atoms with Gasteiger partial charge in [0, 0.05) is 7.11 Å². The fourth-order valence-corrected chi connectivity index (χ4v) is 2.31. The van der Waals surface area contributed by atoms with Crippen molar-refractivity contribution in [3.05, 3.63) is 59.7 Å². The van der Waals surface area contributed by atoms with Crippen LogP contribution in [0.4, 0.5) is 0 Å². The molecule has 0 spiro atoms. The number of hydrazine groups is 1. The van der Waals surface area contributed by atoms with Crippen LogP contribution in [0, 0.1) is 6.92 Å². The molecule has 0 saturated carbocycles. The highest BCUT2D eigenvalue weighted by Crippen LogP contribution is 2.17. The monoisotopic (exact) mass is 417 g/mol. The lowest BCUT2D eigenvalue weighted by Crippen LogP contribution is -2.49. The number of benzene rings is 2. The van der Waals surface area contributed by atoms with E-state index in [0.717, 1.165) is 5.56 Å². The number of nitrogens with one attached hydrogen (secondary N) is 3. The molecule has 0 aliphatic carbocycles. The Morgan fingerprint density at radius 1 is 0.966 bits per heavy atom. The van der Waals surface area contributed by atoms with Crippen molar-refractivity contribution in [3.63, 3.8) is 0 Å². The van der Waals surface area contributed by atoms with Crippen molar-refractivity contribution < 1.29 is 23.8 Å². The Labute approximate surface area is 174 Å². The molecule has 0 heterocycles. The molecule has 0 aromatic heterocycles. The molecule has 0 saturated heterocycles. The number of hydrogen-bond acceptors (Lipinski definition) is 6. The lowest BCUT2D eigenvalue weighted by molar-refractivity contribution is -0.123. The average Bonchev–Trinajstić information content (AvgIpc) is 2.72. The number of carbonyl (C=O) groups is 2. The summed E-state index contributed by atoms with van der Waals surface area (Å²) in [6, 6.07) is 14.0. The minimum Gasteiger partial charge on any atom is -0.490 e. The van der Waals surface area contributed by atoms with Gasteiger partial charge in [0.05, 0.1) is 12.2 Å². The summed E-state index contributed by atoms with van der Waals surface area (Å²) in [4.78, 5) is 24.2. The third kappa shape index (κ3) is 7.76. The first-order valence-electron chi connectivity index (χ1n) is 8.80. The fourth-order valence-electron chi connectivity index (χ4n) is 2.16. The Kier molecular flexibility index (Phi) is 8.87. The lowest BCUT2D eigenvalue weighted by Gasteiger charge is -2.13. The minimum absolute atomic E-state index is 0.0645. The summed E-state index contributed by atoms with van der Waals surface area (Å²) in [6.45, 7) is 2.45. The van der Waals surface area contributed by atoms with E-state index >= 15 is 0 Å². The first-order chi connectivity index (χ1) is 14.0. The fraction of sp³-hybridized carbons (Fsp3) is 0.250. The molecule has 2 rings (SSSR count). The third-order valence-corrected chi connectivity index (χ3v) is 3.81. The highest BCUT2D eigenvalue weighted by molar-refractivity contribution is 7.80. The molecule has 0 bridgehead atoms. The van der Waals surface area contributed by atoms with Crippen LogP contribution in [0.2, 0.25) is 0 Å². The largest absolute Gasteiger partial charge is 0.490 e. The number of para-hydroxylation sites is 1. The van der Waals surface area contributed by atoms with E-state index in [4.69, 9.17) is 26.4 Å². The van der Waals surface area contributed by atoms with Gasteiger partial charge in [0.2, 0.25) is 0 Å². The van der Waals surface area contributed by atoms with Crippen LogP contribution < -0.4 is 25.6 Å². The van der Waals surface area contributed by atoms with Crippen molar-refractivity contribution in [1.29, 1.82) is 0 Å². The van der Waals surface area contributed by atoms with Crippen LogP contribution in [0.3, 0.4) is 0 Å². The first-order valence-corrected chi connectivity index (χ1v) is 9.21. The van der Waals surface area contributed by atoms with E-state index in [9.17, 15) is 9.59 Å². The summed E-state index contributed by atoms with van der Waals surface area (Å²) in [5.41, 5.74) is 6.22. The Bertz CT molecular complexity index is 842. The smallest absolute Gasteiger partial charge is 0.276 e. The molecule has 29 heavy (non-hydrogen) atoms. The molecule has 2 aromatic rings. The van der Waals surface area contributed by atoms with Gasteiger partial charge in [-0.25, -0.2) is 0 Å². The van der Waals surface area contributed by atoms with Gasteiger partial charge in [-0.05, 0) is 43.4 Å². The number of ether oxygens (including phenoxy) is 3. The van der Waals surface area contributed by atoms with Gasteiger partial charge in [-0.2, -0.15) is 0 Å². The number of aryl methyl sites for hydroxylation is 1. The quantitative estimate of drug-likeness (QED) is 0.342. The van der Waals surface area contributed by atoms with Gasteiger partial charge >= 0.3 is 0 Å². The van der Waals surface area contributed by atoms with E-state index in [2.05, 4.69) is 16.2 Å².